The van der Waals surface area contributed by atoms with Crippen molar-refractivity contribution in [1.29, 1.82) is 0 Å². The minimum Gasteiger partial charge on any atom is -0.491 e. The number of rotatable bonds is 6. The van der Waals surface area contributed by atoms with Crippen LogP contribution in [0.25, 0.3) is 11.4 Å². The third-order valence-electron chi connectivity index (χ3n) is 5.55. The molecule has 2 aliphatic rings. The molecular weight excluding hydrogens is 507 g/mol. The van der Waals surface area contributed by atoms with Crippen molar-refractivity contribution in [3.63, 3.8) is 0 Å². The minimum absolute atomic E-state index is 0.137. The van der Waals surface area contributed by atoms with Gasteiger partial charge in [-0.25, -0.2) is 4.68 Å². The van der Waals surface area contributed by atoms with Crippen LogP contribution in [0.15, 0.2) is 77.8 Å². The Labute approximate surface area is 231 Å². The normalized spacial score (nSPS) is 17.1. The van der Waals surface area contributed by atoms with Crippen LogP contribution in [0.1, 0.15) is 54.4 Å². The fraction of sp³-hybridized carbons (Fsp3) is 0.414. The second kappa shape index (κ2) is 15.4. The van der Waals surface area contributed by atoms with E-state index in [1.54, 1.807) is 16.8 Å². The number of tetrazole rings is 1. The first-order chi connectivity index (χ1) is 17.8. The highest BCUT2D eigenvalue weighted by Crippen LogP contribution is 2.33. The summed E-state index contributed by atoms with van der Waals surface area (Å²) in [7, 11) is 0. The summed E-state index contributed by atoms with van der Waals surface area (Å²) in [5.74, 6) is 2.75. The van der Waals surface area contributed by atoms with Gasteiger partial charge in [0.15, 0.2) is 11.6 Å². The summed E-state index contributed by atoms with van der Waals surface area (Å²) < 4.78 is 12.7. The maximum atomic E-state index is 6.31. The first-order valence-corrected chi connectivity index (χ1v) is 13.5. The standard InChI is InChI=1S/C17H18Cl2N4.C10H14O2.C2H6/c1-11(2)13-7-4-3-6-12(13)10-23-17(20-21-22-23)14-8-5-9-15(18)16(14)19;1-4-5-6-10-9(3)11-7-8(2)12-10;1-2/h5-9,11H,3-4,10H2,1-2H3;4-6,8H,1,7H2,2-3H3;1-2H3/b;6-5-;. The van der Waals surface area contributed by atoms with Gasteiger partial charge in [-0.15, -0.1) is 5.10 Å². The smallest absolute Gasteiger partial charge is 0.183 e. The lowest BCUT2D eigenvalue weighted by molar-refractivity contribution is 0.0141. The molecule has 6 nitrogen and oxygen atoms in total. The number of aromatic nitrogens is 4. The number of hydrogen-bond donors (Lipinski definition) is 0. The largest absolute Gasteiger partial charge is 0.491 e. The molecular formula is C29H38Cl2N4O2. The Hall–Kier alpha value is -2.83. The molecule has 0 radical (unpaired) electrons. The fourth-order valence-corrected chi connectivity index (χ4v) is 4.19. The third-order valence-corrected chi connectivity index (χ3v) is 6.37. The molecule has 37 heavy (non-hydrogen) atoms. The van der Waals surface area contributed by atoms with Crippen LogP contribution in [0.2, 0.25) is 10.0 Å². The SMILES string of the molecule is C=C/C=C\C1=C(C)OCC(C)O1.CC.CC(C)C1=CCCC=C1Cn1nnnc1-c1cccc(Cl)c1Cl. The predicted molar refractivity (Wildman–Crippen MR) is 153 cm³/mol. The summed E-state index contributed by atoms with van der Waals surface area (Å²) in [5, 5.41) is 13.1. The summed E-state index contributed by atoms with van der Waals surface area (Å²) in [6.07, 6.45) is 12.3. The van der Waals surface area contributed by atoms with E-state index in [0.717, 1.165) is 29.9 Å². The molecule has 4 rings (SSSR count). The number of allylic oxidation sites excluding steroid dienone is 8. The van der Waals surface area contributed by atoms with Crippen molar-refractivity contribution in [3.05, 3.63) is 87.9 Å². The number of ether oxygens (including phenoxy) is 2. The van der Waals surface area contributed by atoms with Crippen molar-refractivity contribution in [2.24, 2.45) is 5.92 Å². The van der Waals surface area contributed by atoms with Crippen LogP contribution in [-0.2, 0) is 16.0 Å². The van der Waals surface area contributed by atoms with Gasteiger partial charge in [0.05, 0.1) is 16.6 Å². The lowest BCUT2D eigenvalue weighted by Gasteiger charge is -2.23. The van der Waals surface area contributed by atoms with E-state index in [4.69, 9.17) is 32.7 Å². The lowest BCUT2D eigenvalue weighted by atomic mass is 9.89. The molecule has 1 unspecified atom stereocenters. The van der Waals surface area contributed by atoms with Gasteiger partial charge >= 0.3 is 0 Å². The van der Waals surface area contributed by atoms with Gasteiger partial charge in [0, 0.05) is 5.56 Å². The Kier molecular flexibility index (Phi) is 12.7. The molecule has 0 amide bonds. The number of nitrogens with zero attached hydrogens (tertiary/aromatic N) is 4. The Morgan fingerprint density at radius 2 is 1.92 bits per heavy atom. The van der Waals surface area contributed by atoms with Gasteiger partial charge in [-0.05, 0) is 72.4 Å². The van der Waals surface area contributed by atoms with Gasteiger partial charge < -0.3 is 9.47 Å². The Bertz CT molecular complexity index is 1160. The van der Waals surface area contributed by atoms with Crippen molar-refractivity contribution < 1.29 is 9.47 Å². The number of benzene rings is 1. The van der Waals surface area contributed by atoms with Gasteiger partial charge in [-0.3, -0.25) is 0 Å². The highest BCUT2D eigenvalue weighted by Gasteiger charge is 2.18. The maximum Gasteiger partial charge on any atom is 0.183 e. The van der Waals surface area contributed by atoms with Crippen LogP contribution in [-0.4, -0.2) is 32.9 Å². The first-order valence-electron chi connectivity index (χ1n) is 12.7. The molecule has 2 heterocycles. The van der Waals surface area contributed by atoms with Crippen LogP contribution in [0.5, 0.6) is 0 Å². The van der Waals surface area contributed by atoms with Crippen molar-refractivity contribution in [3.8, 4) is 11.4 Å². The zero-order valence-electron chi connectivity index (χ0n) is 22.7. The second-order valence-corrected chi connectivity index (χ2v) is 9.42. The van der Waals surface area contributed by atoms with E-state index in [0.29, 0.717) is 34.9 Å². The summed E-state index contributed by atoms with van der Waals surface area (Å²) >= 11 is 12.4. The zero-order valence-corrected chi connectivity index (χ0v) is 24.2. The Balaban J connectivity index is 0.000000291. The summed E-state index contributed by atoms with van der Waals surface area (Å²) in [6.45, 7) is 17.1. The Morgan fingerprint density at radius 3 is 2.62 bits per heavy atom. The molecule has 2 aromatic rings. The maximum absolute atomic E-state index is 6.31. The molecule has 8 heteroatoms. The molecule has 0 saturated carbocycles. The highest BCUT2D eigenvalue weighted by molar-refractivity contribution is 6.43. The molecule has 0 saturated heterocycles. The molecule has 200 valence electrons. The molecule has 0 fully saturated rings. The highest BCUT2D eigenvalue weighted by atomic mass is 35.5. The molecule has 1 aliphatic carbocycles. The van der Waals surface area contributed by atoms with E-state index in [-0.39, 0.29) is 6.10 Å². The van der Waals surface area contributed by atoms with Crippen molar-refractivity contribution in [1.82, 2.24) is 20.2 Å². The van der Waals surface area contributed by atoms with Crippen molar-refractivity contribution >= 4 is 23.2 Å². The quantitative estimate of drug-likeness (QED) is 0.341. The van der Waals surface area contributed by atoms with Crippen molar-refractivity contribution in [2.45, 2.75) is 67.0 Å². The van der Waals surface area contributed by atoms with Crippen LogP contribution in [0.4, 0.5) is 0 Å². The average molecular weight is 546 g/mol. The zero-order chi connectivity index (χ0) is 27.4. The third kappa shape index (κ3) is 8.61. The average Bonchev–Trinajstić information content (AvgIpc) is 3.36. The minimum atomic E-state index is 0.137. The second-order valence-electron chi connectivity index (χ2n) is 8.64. The monoisotopic (exact) mass is 544 g/mol. The molecule has 0 spiro atoms. The predicted octanol–water partition coefficient (Wildman–Crippen LogP) is 8.37. The topological polar surface area (TPSA) is 62.1 Å². The molecule has 1 atom stereocenters. The number of halogens is 2. The van der Waals surface area contributed by atoms with Gasteiger partial charge in [0.1, 0.15) is 18.5 Å². The molecule has 1 aliphatic heterocycles. The van der Waals surface area contributed by atoms with Crippen LogP contribution in [0.3, 0.4) is 0 Å². The van der Waals surface area contributed by atoms with E-state index in [1.807, 2.05) is 52.0 Å². The number of hydrogen-bond acceptors (Lipinski definition) is 5. The molecule has 0 bridgehead atoms. The molecule has 1 aromatic heterocycles. The van der Waals surface area contributed by atoms with E-state index in [1.165, 1.54) is 11.1 Å². The van der Waals surface area contributed by atoms with E-state index in [9.17, 15) is 0 Å². The summed E-state index contributed by atoms with van der Waals surface area (Å²) in [4.78, 5) is 0. The summed E-state index contributed by atoms with van der Waals surface area (Å²) in [6, 6.07) is 5.48. The van der Waals surface area contributed by atoms with Crippen LogP contribution in [0, 0.1) is 5.92 Å². The van der Waals surface area contributed by atoms with Crippen LogP contribution < -0.4 is 0 Å². The summed E-state index contributed by atoms with van der Waals surface area (Å²) in [5.41, 5.74) is 3.39. The molecule has 1 aromatic carbocycles. The van der Waals surface area contributed by atoms with E-state index < -0.39 is 0 Å². The first kappa shape index (κ1) is 30.4. The van der Waals surface area contributed by atoms with Gasteiger partial charge in [-0.2, -0.15) is 0 Å². The van der Waals surface area contributed by atoms with E-state index in [2.05, 4.69) is 48.1 Å². The van der Waals surface area contributed by atoms with Gasteiger partial charge in [0.2, 0.25) is 0 Å². The van der Waals surface area contributed by atoms with Crippen molar-refractivity contribution in [2.75, 3.05) is 6.61 Å². The van der Waals surface area contributed by atoms with E-state index >= 15 is 0 Å². The van der Waals surface area contributed by atoms with Crippen LogP contribution >= 0.6 is 23.2 Å². The lowest BCUT2D eigenvalue weighted by Crippen LogP contribution is -2.20. The van der Waals surface area contributed by atoms with Gasteiger partial charge in [-0.1, -0.05) is 87.8 Å². The molecule has 0 N–H and O–H groups in total. The Morgan fingerprint density at radius 1 is 1.19 bits per heavy atom. The van der Waals surface area contributed by atoms with Gasteiger partial charge in [0.25, 0.3) is 0 Å². The fourth-order valence-electron chi connectivity index (χ4n) is 3.81.